The molecule has 12 heavy (non-hydrogen) atoms. The number of rotatable bonds is 2. The molecule has 2 N–H and O–H groups in total. The fourth-order valence-electron chi connectivity index (χ4n) is 1.44. The Hall–Kier alpha value is -0.610. The lowest BCUT2D eigenvalue weighted by Crippen LogP contribution is -2.50. The maximum atomic E-state index is 11.1. The van der Waals surface area contributed by atoms with Crippen LogP contribution in [0.2, 0.25) is 0 Å². The Balaban J connectivity index is 2.30. The van der Waals surface area contributed by atoms with Gasteiger partial charge in [-0.3, -0.25) is 4.79 Å². The highest BCUT2D eigenvalue weighted by molar-refractivity contribution is 5.78. The number of carbonyl (C=O) groups excluding carboxylic acids is 1. The van der Waals surface area contributed by atoms with E-state index < -0.39 is 0 Å². The molecule has 0 aromatic rings. The summed E-state index contributed by atoms with van der Waals surface area (Å²) in [6.07, 6.45) is 0. The van der Waals surface area contributed by atoms with E-state index in [4.69, 9.17) is 5.73 Å². The van der Waals surface area contributed by atoms with Crippen molar-refractivity contribution in [3.8, 4) is 0 Å². The summed E-state index contributed by atoms with van der Waals surface area (Å²) in [5, 5.41) is 0. The molecule has 4 heteroatoms. The normalized spacial score (nSPS) is 19.7. The molecule has 0 aliphatic carbocycles. The van der Waals surface area contributed by atoms with Crippen molar-refractivity contribution in [3.05, 3.63) is 0 Å². The Kier molecular flexibility index (Phi) is 3.49. The fraction of sp³-hybridized carbons (Fsp3) is 0.875. The molecule has 1 aliphatic rings. The molecule has 0 spiro atoms. The van der Waals surface area contributed by atoms with Crippen molar-refractivity contribution in [2.45, 2.75) is 6.92 Å². The third kappa shape index (κ3) is 2.19. The van der Waals surface area contributed by atoms with E-state index in [-0.39, 0.29) is 12.5 Å². The van der Waals surface area contributed by atoms with Gasteiger partial charge in [-0.15, -0.1) is 0 Å². The zero-order chi connectivity index (χ0) is 8.97. The number of nitrogens with zero attached hydrogens (tertiary/aromatic N) is 2. The number of hydrogen-bond acceptors (Lipinski definition) is 3. The van der Waals surface area contributed by atoms with Crippen molar-refractivity contribution < 1.29 is 4.79 Å². The minimum atomic E-state index is 0.0748. The van der Waals surface area contributed by atoms with E-state index in [1.807, 2.05) is 4.90 Å². The first-order valence-electron chi connectivity index (χ1n) is 4.48. The van der Waals surface area contributed by atoms with Crippen LogP contribution in [0, 0.1) is 0 Å². The number of piperazine rings is 1. The standard InChI is InChI=1S/C8H17N3O/c1-2-10-3-5-11(6-4-10)8(12)7-9/h2-7,9H2,1H3. The highest BCUT2D eigenvalue weighted by Crippen LogP contribution is 2.00. The average molecular weight is 171 g/mol. The van der Waals surface area contributed by atoms with Gasteiger partial charge < -0.3 is 15.5 Å². The van der Waals surface area contributed by atoms with E-state index in [2.05, 4.69) is 11.8 Å². The number of amides is 1. The largest absolute Gasteiger partial charge is 0.339 e. The zero-order valence-electron chi connectivity index (χ0n) is 7.62. The zero-order valence-corrected chi connectivity index (χ0v) is 7.62. The molecule has 0 aromatic heterocycles. The lowest BCUT2D eigenvalue weighted by molar-refractivity contribution is -0.131. The number of nitrogens with two attached hydrogens (primary N) is 1. The SMILES string of the molecule is CCN1CCN(C(=O)CN)CC1. The molecule has 0 radical (unpaired) electrons. The molecule has 1 fully saturated rings. The van der Waals surface area contributed by atoms with E-state index in [0.29, 0.717) is 0 Å². The summed E-state index contributed by atoms with van der Waals surface area (Å²) in [4.78, 5) is 15.3. The molecule has 1 amide bonds. The van der Waals surface area contributed by atoms with E-state index in [1.54, 1.807) is 0 Å². The van der Waals surface area contributed by atoms with Crippen LogP contribution in [-0.2, 0) is 4.79 Å². The van der Waals surface area contributed by atoms with E-state index >= 15 is 0 Å². The lowest BCUT2D eigenvalue weighted by Gasteiger charge is -2.33. The third-order valence-electron chi connectivity index (χ3n) is 2.35. The first kappa shape index (κ1) is 9.48. The topological polar surface area (TPSA) is 49.6 Å². The van der Waals surface area contributed by atoms with Crippen molar-refractivity contribution in [2.75, 3.05) is 39.3 Å². The van der Waals surface area contributed by atoms with Crippen LogP contribution in [0.15, 0.2) is 0 Å². The maximum Gasteiger partial charge on any atom is 0.236 e. The molecule has 0 saturated carbocycles. The Morgan fingerprint density at radius 3 is 2.33 bits per heavy atom. The molecule has 1 saturated heterocycles. The van der Waals surface area contributed by atoms with E-state index in [9.17, 15) is 4.79 Å². The van der Waals surface area contributed by atoms with Gasteiger partial charge in [-0.05, 0) is 6.54 Å². The van der Waals surface area contributed by atoms with Crippen LogP contribution in [0.5, 0.6) is 0 Å². The summed E-state index contributed by atoms with van der Waals surface area (Å²) in [6, 6.07) is 0. The second-order valence-electron chi connectivity index (χ2n) is 3.02. The van der Waals surface area contributed by atoms with Gasteiger partial charge in [-0.25, -0.2) is 0 Å². The van der Waals surface area contributed by atoms with E-state index in [1.165, 1.54) is 0 Å². The molecule has 0 atom stereocenters. The van der Waals surface area contributed by atoms with Crippen LogP contribution in [0.1, 0.15) is 6.92 Å². The summed E-state index contributed by atoms with van der Waals surface area (Å²) in [5.41, 5.74) is 5.27. The number of carbonyl (C=O) groups is 1. The molecule has 4 nitrogen and oxygen atoms in total. The highest BCUT2D eigenvalue weighted by Gasteiger charge is 2.18. The van der Waals surface area contributed by atoms with Gasteiger partial charge >= 0.3 is 0 Å². The van der Waals surface area contributed by atoms with Crippen LogP contribution in [0.3, 0.4) is 0 Å². The molecule has 70 valence electrons. The fourth-order valence-corrected chi connectivity index (χ4v) is 1.44. The quantitative estimate of drug-likeness (QED) is 0.586. The van der Waals surface area contributed by atoms with Crippen molar-refractivity contribution in [1.29, 1.82) is 0 Å². The van der Waals surface area contributed by atoms with Crippen molar-refractivity contribution in [1.82, 2.24) is 9.80 Å². The van der Waals surface area contributed by atoms with Gasteiger partial charge in [0.2, 0.25) is 5.91 Å². The Labute approximate surface area is 73.3 Å². The minimum absolute atomic E-state index is 0.0748. The first-order valence-corrected chi connectivity index (χ1v) is 4.48. The van der Waals surface area contributed by atoms with Gasteiger partial charge in [0.25, 0.3) is 0 Å². The molecule has 0 aromatic carbocycles. The highest BCUT2D eigenvalue weighted by atomic mass is 16.2. The van der Waals surface area contributed by atoms with Crippen LogP contribution >= 0.6 is 0 Å². The van der Waals surface area contributed by atoms with E-state index in [0.717, 1.165) is 32.7 Å². The predicted molar refractivity (Wildman–Crippen MR) is 47.7 cm³/mol. The number of hydrogen-bond donors (Lipinski definition) is 1. The molecule has 1 rings (SSSR count). The summed E-state index contributed by atoms with van der Waals surface area (Å²) in [6.45, 7) is 7.01. The van der Waals surface area contributed by atoms with Crippen LogP contribution in [0.4, 0.5) is 0 Å². The average Bonchev–Trinajstić information content (AvgIpc) is 2.17. The molecular formula is C8H17N3O. The molecule has 0 unspecified atom stereocenters. The van der Waals surface area contributed by atoms with Gasteiger partial charge in [0.05, 0.1) is 6.54 Å². The van der Waals surface area contributed by atoms with Gasteiger partial charge in [-0.2, -0.15) is 0 Å². The molecule has 0 bridgehead atoms. The molecule has 1 heterocycles. The number of likely N-dealkylation sites (N-methyl/N-ethyl adjacent to an activating group) is 1. The van der Waals surface area contributed by atoms with Crippen LogP contribution in [0.25, 0.3) is 0 Å². The van der Waals surface area contributed by atoms with Gasteiger partial charge in [0.1, 0.15) is 0 Å². The van der Waals surface area contributed by atoms with Gasteiger partial charge in [-0.1, -0.05) is 6.92 Å². The Morgan fingerprint density at radius 2 is 1.92 bits per heavy atom. The monoisotopic (exact) mass is 171 g/mol. The van der Waals surface area contributed by atoms with Crippen LogP contribution < -0.4 is 5.73 Å². The third-order valence-corrected chi connectivity index (χ3v) is 2.35. The first-order chi connectivity index (χ1) is 5.77. The summed E-state index contributed by atoms with van der Waals surface area (Å²) in [5.74, 6) is 0.0748. The van der Waals surface area contributed by atoms with Crippen molar-refractivity contribution in [2.24, 2.45) is 5.73 Å². The maximum absolute atomic E-state index is 11.1. The summed E-state index contributed by atoms with van der Waals surface area (Å²) < 4.78 is 0. The molecular weight excluding hydrogens is 154 g/mol. The Morgan fingerprint density at radius 1 is 1.33 bits per heavy atom. The van der Waals surface area contributed by atoms with Gasteiger partial charge in [0, 0.05) is 26.2 Å². The van der Waals surface area contributed by atoms with Crippen LogP contribution in [-0.4, -0.2) is 55.0 Å². The second kappa shape index (κ2) is 4.42. The Bertz CT molecular complexity index is 152. The van der Waals surface area contributed by atoms with Gasteiger partial charge in [0.15, 0.2) is 0 Å². The summed E-state index contributed by atoms with van der Waals surface area (Å²) >= 11 is 0. The van der Waals surface area contributed by atoms with Crippen molar-refractivity contribution in [3.63, 3.8) is 0 Å². The lowest BCUT2D eigenvalue weighted by atomic mass is 10.3. The summed E-state index contributed by atoms with van der Waals surface area (Å²) in [7, 11) is 0. The predicted octanol–water partition coefficient (Wildman–Crippen LogP) is -0.891. The van der Waals surface area contributed by atoms with Crippen molar-refractivity contribution >= 4 is 5.91 Å². The second-order valence-corrected chi connectivity index (χ2v) is 3.02. The smallest absolute Gasteiger partial charge is 0.236 e. The molecule has 1 aliphatic heterocycles. The minimum Gasteiger partial charge on any atom is -0.339 e.